The summed E-state index contributed by atoms with van der Waals surface area (Å²) in [6.45, 7) is 6.76. The number of nitrogens with zero attached hydrogens (tertiary/aromatic N) is 1. The molecule has 1 aliphatic rings. The fraction of sp³-hybridized carbons (Fsp3) is 0.190. The molecule has 0 fully saturated rings. The molecule has 0 atom stereocenters. The number of nitrogens with two attached hydrogens (primary N) is 1. The van der Waals surface area contributed by atoms with E-state index in [1.807, 2.05) is 12.3 Å². The van der Waals surface area contributed by atoms with E-state index in [0.717, 1.165) is 11.3 Å². The first-order valence-electron chi connectivity index (χ1n) is 7.95. The molecule has 3 aromatic rings. The van der Waals surface area contributed by atoms with Gasteiger partial charge in [-0.1, -0.05) is 44.2 Å². The lowest BCUT2D eigenvalue weighted by Gasteiger charge is -2.22. The van der Waals surface area contributed by atoms with Crippen molar-refractivity contribution >= 4 is 5.69 Å². The summed E-state index contributed by atoms with van der Waals surface area (Å²) < 4.78 is 0. The molecule has 0 bridgehead atoms. The predicted octanol–water partition coefficient (Wildman–Crippen LogP) is 4.95. The van der Waals surface area contributed by atoms with Crippen LogP contribution in [0.25, 0.3) is 22.3 Å². The van der Waals surface area contributed by atoms with E-state index >= 15 is 0 Å². The number of nitrogen functional groups attached to an aromatic ring is 1. The number of hydrogen-bond acceptors (Lipinski definition) is 2. The summed E-state index contributed by atoms with van der Waals surface area (Å²) in [6.07, 6.45) is 3.59. The van der Waals surface area contributed by atoms with Crippen molar-refractivity contribution < 1.29 is 0 Å². The van der Waals surface area contributed by atoms with Gasteiger partial charge in [-0.2, -0.15) is 0 Å². The third-order valence-electron chi connectivity index (χ3n) is 5.07. The van der Waals surface area contributed by atoms with Gasteiger partial charge < -0.3 is 5.73 Å². The van der Waals surface area contributed by atoms with E-state index in [2.05, 4.69) is 62.2 Å². The van der Waals surface area contributed by atoms with Crippen LogP contribution in [0.15, 0.2) is 54.9 Å². The molecule has 2 nitrogen and oxygen atoms in total. The number of fused-ring (bicyclic) bond motifs is 3. The number of anilines is 1. The largest absolute Gasteiger partial charge is 0.398 e. The van der Waals surface area contributed by atoms with Crippen molar-refractivity contribution in [2.75, 3.05) is 5.73 Å². The van der Waals surface area contributed by atoms with Crippen LogP contribution < -0.4 is 5.73 Å². The molecule has 0 spiro atoms. The lowest BCUT2D eigenvalue weighted by atomic mass is 9.81. The van der Waals surface area contributed by atoms with Crippen LogP contribution in [0.1, 0.15) is 30.5 Å². The molecule has 2 aromatic carbocycles. The van der Waals surface area contributed by atoms with Gasteiger partial charge in [0.05, 0.1) is 0 Å². The lowest BCUT2D eigenvalue weighted by Crippen LogP contribution is -2.15. The minimum absolute atomic E-state index is 0.0374. The van der Waals surface area contributed by atoms with Crippen molar-refractivity contribution in [1.29, 1.82) is 0 Å². The van der Waals surface area contributed by atoms with Crippen LogP contribution in [-0.2, 0) is 5.41 Å². The maximum atomic E-state index is 6.17. The van der Waals surface area contributed by atoms with Crippen LogP contribution in [0.3, 0.4) is 0 Å². The Morgan fingerprint density at radius 2 is 1.65 bits per heavy atom. The number of pyridine rings is 1. The maximum absolute atomic E-state index is 6.17. The molecular formula is C21H20N2. The predicted molar refractivity (Wildman–Crippen MR) is 96.4 cm³/mol. The summed E-state index contributed by atoms with van der Waals surface area (Å²) in [5.74, 6) is 0. The standard InChI is InChI=1S/C21H20N2/c1-13-10-19-16(11-15(13)17-12-23-9-8-20(17)22)14-6-4-5-7-18(14)21(19,2)3/h4-12H,1-3H3,(H2,22,23). The van der Waals surface area contributed by atoms with Gasteiger partial charge in [0, 0.05) is 29.1 Å². The van der Waals surface area contributed by atoms with Crippen molar-refractivity contribution in [3.05, 3.63) is 71.5 Å². The Morgan fingerprint density at radius 3 is 2.43 bits per heavy atom. The van der Waals surface area contributed by atoms with Crippen LogP contribution >= 0.6 is 0 Å². The molecule has 1 heterocycles. The molecule has 0 saturated heterocycles. The van der Waals surface area contributed by atoms with Crippen LogP contribution in [0.5, 0.6) is 0 Å². The minimum Gasteiger partial charge on any atom is -0.398 e. The molecule has 23 heavy (non-hydrogen) atoms. The molecule has 114 valence electrons. The highest BCUT2D eigenvalue weighted by Crippen LogP contribution is 2.50. The van der Waals surface area contributed by atoms with Crippen LogP contribution in [0, 0.1) is 6.92 Å². The first-order chi connectivity index (χ1) is 11.0. The van der Waals surface area contributed by atoms with E-state index in [1.165, 1.54) is 33.4 Å². The summed E-state index contributed by atoms with van der Waals surface area (Å²) in [6, 6.07) is 15.2. The zero-order chi connectivity index (χ0) is 16.2. The Morgan fingerprint density at radius 1 is 0.870 bits per heavy atom. The Bertz CT molecular complexity index is 923. The Hall–Kier alpha value is -2.61. The molecule has 0 unspecified atom stereocenters. The van der Waals surface area contributed by atoms with Crippen molar-refractivity contribution in [2.24, 2.45) is 0 Å². The molecular weight excluding hydrogens is 280 g/mol. The molecule has 0 amide bonds. The van der Waals surface area contributed by atoms with Crippen molar-refractivity contribution in [3.8, 4) is 22.3 Å². The van der Waals surface area contributed by atoms with Crippen LogP contribution in [0.4, 0.5) is 5.69 Å². The third-order valence-corrected chi connectivity index (χ3v) is 5.07. The van der Waals surface area contributed by atoms with Crippen molar-refractivity contribution in [3.63, 3.8) is 0 Å². The first kappa shape index (κ1) is 14.0. The van der Waals surface area contributed by atoms with Gasteiger partial charge in [-0.3, -0.25) is 4.98 Å². The van der Waals surface area contributed by atoms with Crippen molar-refractivity contribution in [2.45, 2.75) is 26.2 Å². The van der Waals surface area contributed by atoms with Crippen LogP contribution in [0.2, 0.25) is 0 Å². The summed E-state index contributed by atoms with van der Waals surface area (Å²) in [4.78, 5) is 4.25. The monoisotopic (exact) mass is 300 g/mol. The Labute approximate surface area is 137 Å². The van der Waals surface area contributed by atoms with Gasteiger partial charge in [-0.25, -0.2) is 0 Å². The van der Waals surface area contributed by atoms with E-state index in [9.17, 15) is 0 Å². The second kappa shape index (κ2) is 4.69. The second-order valence-corrected chi connectivity index (χ2v) is 6.85. The average molecular weight is 300 g/mol. The summed E-state index contributed by atoms with van der Waals surface area (Å²) in [5.41, 5.74) is 15.8. The first-order valence-corrected chi connectivity index (χ1v) is 7.95. The number of aryl methyl sites for hydroxylation is 1. The van der Waals surface area contributed by atoms with E-state index in [-0.39, 0.29) is 5.41 Å². The number of rotatable bonds is 1. The minimum atomic E-state index is 0.0374. The molecule has 0 saturated carbocycles. The lowest BCUT2D eigenvalue weighted by molar-refractivity contribution is 0.660. The highest BCUT2D eigenvalue weighted by molar-refractivity contribution is 5.87. The average Bonchev–Trinajstić information content (AvgIpc) is 2.76. The van der Waals surface area contributed by atoms with Crippen LogP contribution in [-0.4, -0.2) is 4.98 Å². The van der Waals surface area contributed by atoms with Gasteiger partial charge in [0.15, 0.2) is 0 Å². The Kier molecular flexibility index (Phi) is 2.86. The number of aromatic nitrogens is 1. The van der Waals surface area contributed by atoms with Gasteiger partial charge >= 0.3 is 0 Å². The third kappa shape index (κ3) is 1.91. The van der Waals surface area contributed by atoms with E-state index in [1.54, 1.807) is 6.20 Å². The zero-order valence-corrected chi connectivity index (χ0v) is 13.7. The molecule has 0 radical (unpaired) electrons. The highest BCUT2D eigenvalue weighted by atomic mass is 14.7. The van der Waals surface area contributed by atoms with E-state index in [4.69, 9.17) is 5.73 Å². The molecule has 0 aliphatic heterocycles. The summed E-state index contributed by atoms with van der Waals surface area (Å²) in [7, 11) is 0. The fourth-order valence-electron chi connectivity index (χ4n) is 3.78. The molecule has 4 rings (SSSR count). The topological polar surface area (TPSA) is 38.9 Å². The van der Waals surface area contributed by atoms with Gasteiger partial charge in [-0.15, -0.1) is 0 Å². The smallest absolute Gasteiger partial charge is 0.0424 e. The van der Waals surface area contributed by atoms with Gasteiger partial charge in [-0.05, 0) is 52.4 Å². The Balaban J connectivity index is 2.02. The normalized spacial score (nSPS) is 14.4. The van der Waals surface area contributed by atoms with Gasteiger partial charge in [0.25, 0.3) is 0 Å². The quantitative estimate of drug-likeness (QED) is 0.691. The number of hydrogen-bond donors (Lipinski definition) is 1. The summed E-state index contributed by atoms with van der Waals surface area (Å²) in [5, 5.41) is 0. The fourth-order valence-corrected chi connectivity index (χ4v) is 3.78. The van der Waals surface area contributed by atoms with Gasteiger partial charge in [0.2, 0.25) is 0 Å². The second-order valence-electron chi connectivity index (χ2n) is 6.85. The molecule has 1 aromatic heterocycles. The zero-order valence-electron chi connectivity index (χ0n) is 13.7. The summed E-state index contributed by atoms with van der Waals surface area (Å²) >= 11 is 0. The number of benzene rings is 2. The molecule has 2 N–H and O–H groups in total. The molecule has 2 heteroatoms. The van der Waals surface area contributed by atoms with E-state index < -0.39 is 0 Å². The SMILES string of the molecule is Cc1cc2c(cc1-c1cnccc1N)-c1ccccc1C2(C)C. The maximum Gasteiger partial charge on any atom is 0.0424 e. The van der Waals surface area contributed by atoms with Crippen molar-refractivity contribution in [1.82, 2.24) is 4.98 Å². The molecule has 1 aliphatic carbocycles. The highest BCUT2D eigenvalue weighted by Gasteiger charge is 2.35. The van der Waals surface area contributed by atoms with Gasteiger partial charge in [0.1, 0.15) is 0 Å². The van der Waals surface area contributed by atoms with E-state index in [0.29, 0.717) is 0 Å².